The number of benzene rings is 1. The van der Waals surface area contributed by atoms with E-state index in [1.54, 1.807) is 14.0 Å². The molecule has 11 heteroatoms. The summed E-state index contributed by atoms with van der Waals surface area (Å²) in [6.07, 6.45) is 1.37. The van der Waals surface area contributed by atoms with Crippen LogP contribution < -0.4 is 10.9 Å². The number of nitrogens with one attached hydrogen (secondary N) is 1. The summed E-state index contributed by atoms with van der Waals surface area (Å²) in [5.74, 6) is -2.22. The number of imide groups is 1. The smallest absolute Gasteiger partial charge is 0.349 e. The molecule has 0 aliphatic carbocycles. The summed E-state index contributed by atoms with van der Waals surface area (Å²) in [6, 6.07) is 4.34. The third-order valence-electron chi connectivity index (χ3n) is 4.90. The number of amides is 3. The molecule has 4 rings (SSSR count). The van der Waals surface area contributed by atoms with Crippen molar-refractivity contribution >= 4 is 50.9 Å². The molecule has 0 atom stereocenters. The summed E-state index contributed by atoms with van der Waals surface area (Å²) in [5.41, 5.74) is 0.923. The summed E-state index contributed by atoms with van der Waals surface area (Å²) in [6.45, 7) is 1.06. The minimum Gasteiger partial charge on any atom is -0.451 e. The van der Waals surface area contributed by atoms with E-state index in [9.17, 15) is 24.0 Å². The van der Waals surface area contributed by atoms with Crippen LogP contribution in [0.2, 0.25) is 0 Å². The number of aromatic nitrogens is 2. The fraction of sp³-hybridized carbons (Fsp3) is 0.200. The first-order valence-corrected chi connectivity index (χ1v) is 9.89. The maximum Gasteiger partial charge on any atom is 0.349 e. The van der Waals surface area contributed by atoms with E-state index in [2.05, 4.69) is 10.3 Å². The van der Waals surface area contributed by atoms with Gasteiger partial charge in [0.15, 0.2) is 6.61 Å². The third-order valence-corrected chi connectivity index (χ3v) is 6.08. The van der Waals surface area contributed by atoms with Crippen LogP contribution in [0.4, 0.5) is 5.69 Å². The summed E-state index contributed by atoms with van der Waals surface area (Å²) in [5, 5.41) is 2.87. The van der Waals surface area contributed by atoms with Gasteiger partial charge in [-0.3, -0.25) is 24.1 Å². The van der Waals surface area contributed by atoms with Gasteiger partial charge in [0.25, 0.3) is 23.3 Å². The van der Waals surface area contributed by atoms with E-state index in [1.165, 1.54) is 36.1 Å². The van der Waals surface area contributed by atoms with E-state index >= 15 is 0 Å². The lowest BCUT2D eigenvalue weighted by molar-refractivity contribution is -0.119. The Balaban J connectivity index is 1.45. The van der Waals surface area contributed by atoms with E-state index < -0.39 is 30.3 Å². The highest BCUT2D eigenvalue weighted by Gasteiger charge is 2.32. The molecule has 0 bridgehead atoms. The lowest BCUT2D eigenvalue weighted by atomic mass is 10.1. The molecule has 3 aromatic rings. The number of carbonyl (C=O) groups excluding carboxylic acids is 4. The van der Waals surface area contributed by atoms with E-state index in [0.29, 0.717) is 21.5 Å². The van der Waals surface area contributed by atoms with Gasteiger partial charge in [0.1, 0.15) is 9.71 Å². The molecule has 0 radical (unpaired) electrons. The van der Waals surface area contributed by atoms with Gasteiger partial charge >= 0.3 is 5.97 Å². The van der Waals surface area contributed by atoms with Crippen LogP contribution in [0.5, 0.6) is 0 Å². The number of nitrogens with zero attached hydrogens (tertiary/aromatic N) is 3. The van der Waals surface area contributed by atoms with Crippen LogP contribution >= 0.6 is 11.3 Å². The van der Waals surface area contributed by atoms with Crippen LogP contribution in [-0.2, 0) is 16.6 Å². The van der Waals surface area contributed by atoms with Crippen LogP contribution in [0, 0.1) is 6.92 Å². The van der Waals surface area contributed by atoms with Gasteiger partial charge in [0.2, 0.25) is 0 Å². The fourth-order valence-corrected chi connectivity index (χ4v) is 4.27. The number of anilines is 1. The van der Waals surface area contributed by atoms with Crippen molar-refractivity contribution in [3.05, 3.63) is 56.4 Å². The zero-order valence-electron chi connectivity index (χ0n) is 16.7. The normalized spacial score (nSPS) is 12.9. The van der Waals surface area contributed by atoms with E-state index in [-0.39, 0.29) is 21.6 Å². The van der Waals surface area contributed by atoms with Gasteiger partial charge in [-0.05, 0) is 30.7 Å². The molecule has 10 nitrogen and oxygen atoms in total. The molecule has 31 heavy (non-hydrogen) atoms. The Kier molecular flexibility index (Phi) is 4.90. The van der Waals surface area contributed by atoms with Crippen LogP contribution in [0.15, 0.2) is 29.3 Å². The van der Waals surface area contributed by atoms with Crippen LogP contribution in [-0.4, -0.2) is 51.8 Å². The SMILES string of the molecule is Cc1c(C(=O)OCC(=O)Nc2ccc3c(c2)C(=O)N(C)C3=O)sc2ncn(C)c(=O)c12. The molecular weight excluding hydrogens is 424 g/mol. The monoisotopic (exact) mass is 440 g/mol. The summed E-state index contributed by atoms with van der Waals surface area (Å²) >= 11 is 1.02. The Morgan fingerprint density at radius 1 is 1.13 bits per heavy atom. The zero-order chi connectivity index (χ0) is 22.4. The van der Waals surface area contributed by atoms with Crippen molar-refractivity contribution in [3.8, 4) is 0 Å². The third kappa shape index (κ3) is 3.38. The van der Waals surface area contributed by atoms with Crippen LogP contribution in [0.25, 0.3) is 10.2 Å². The van der Waals surface area contributed by atoms with Gasteiger partial charge in [-0.2, -0.15) is 0 Å². The van der Waals surface area contributed by atoms with E-state index in [0.717, 1.165) is 16.2 Å². The van der Waals surface area contributed by atoms with Crippen LogP contribution in [0.1, 0.15) is 36.0 Å². The molecule has 3 heterocycles. The van der Waals surface area contributed by atoms with Crippen molar-refractivity contribution < 1.29 is 23.9 Å². The molecular formula is C20H16N4O6S. The maximum atomic E-state index is 12.4. The molecule has 1 aromatic carbocycles. The molecule has 0 saturated heterocycles. The van der Waals surface area contributed by atoms with Crippen molar-refractivity contribution in [3.63, 3.8) is 0 Å². The van der Waals surface area contributed by atoms with E-state index in [4.69, 9.17) is 4.74 Å². The molecule has 0 spiro atoms. The van der Waals surface area contributed by atoms with Gasteiger partial charge in [0.05, 0.1) is 22.8 Å². The Hall–Kier alpha value is -3.86. The highest BCUT2D eigenvalue weighted by Crippen LogP contribution is 2.27. The highest BCUT2D eigenvalue weighted by atomic mass is 32.1. The maximum absolute atomic E-state index is 12.4. The van der Waals surface area contributed by atoms with Gasteiger partial charge in [0, 0.05) is 19.8 Å². The first-order chi connectivity index (χ1) is 14.7. The molecule has 0 unspecified atom stereocenters. The molecule has 1 aliphatic rings. The topological polar surface area (TPSA) is 128 Å². The Morgan fingerprint density at radius 3 is 2.58 bits per heavy atom. The van der Waals surface area contributed by atoms with Crippen molar-refractivity contribution in [1.82, 2.24) is 14.5 Å². The zero-order valence-corrected chi connectivity index (χ0v) is 17.5. The minimum atomic E-state index is -0.742. The number of thiophene rings is 1. The Morgan fingerprint density at radius 2 is 1.84 bits per heavy atom. The molecule has 158 valence electrons. The average molecular weight is 440 g/mol. The molecule has 1 aliphatic heterocycles. The van der Waals surface area contributed by atoms with Gasteiger partial charge in [-0.1, -0.05) is 0 Å². The van der Waals surface area contributed by atoms with Crippen molar-refractivity contribution in [2.75, 3.05) is 19.0 Å². The molecule has 2 aromatic heterocycles. The minimum absolute atomic E-state index is 0.192. The number of hydrogen-bond acceptors (Lipinski definition) is 8. The lowest BCUT2D eigenvalue weighted by Crippen LogP contribution is -2.24. The number of ether oxygens (including phenoxy) is 1. The number of carbonyl (C=O) groups is 4. The molecule has 0 fully saturated rings. The fourth-order valence-electron chi connectivity index (χ4n) is 3.24. The number of fused-ring (bicyclic) bond motifs is 2. The van der Waals surface area contributed by atoms with Gasteiger partial charge < -0.3 is 14.6 Å². The Labute approximate surface area is 179 Å². The predicted molar refractivity (Wildman–Crippen MR) is 111 cm³/mol. The van der Waals surface area contributed by atoms with Crippen LogP contribution in [0.3, 0.4) is 0 Å². The van der Waals surface area contributed by atoms with Gasteiger partial charge in [-0.25, -0.2) is 9.78 Å². The molecule has 0 saturated carbocycles. The number of hydrogen-bond donors (Lipinski definition) is 1. The first kappa shape index (κ1) is 20.4. The first-order valence-electron chi connectivity index (χ1n) is 9.07. The largest absolute Gasteiger partial charge is 0.451 e. The van der Waals surface area contributed by atoms with Gasteiger partial charge in [-0.15, -0.1) is 11.3 Å². The van der Waals surface area contributed by atoms with Crippen molar-refractivity contribution in [1.29, 1.82) is 0 Å². The van der Waals surface area contributed by atoms with E-state index in [1.807, 2.05) is 0 Å². The lowest BCUT2D eigenvalue weighted by Gasteiger charge is -2.07. The van der Waals surface area contributed by atoms with Crippen molar-refractivity contribution in [2.24, 2.45) is 7.05 Å². The summed E-state index contributed by atoms with van der Waals surface area (Å²) < 4.78 is 6.40. The summed E-state index contributed by atoms with van der Waals surface area (Å²) in [7, 11) is 2.94. The average Bonchev–Trinajstić information content (AvgIpc) is 3.19. The second-order valence-corrected chi connectivity index (χ2v) is 7.95. The quantitative estimate of drug-likeness (QED) is 0.479. The highest BCUT2D eigenvalue weighted by molar-refractivity contribution is 7.20. The second-order valence-electron chi connectivity index (χ2n) is 6.95. The number of rotatable bonds is 4. The molecule has 1 N–H and O–H groups in total. The van der Waals surface area contributed by atoms with Crippen molar-refractivity contribution in [2.45, 2.75) is 6.92 Å². The second kappa shape index (κ2) is 7.43. The summed E-state index contributed by atoms with van der Waals surface area (Å²) in [4.78, 5) is 66.6. The number of aryl methyl sites for hydroxylation is 2. The molecule has 3 amide bonds. The number of esters is 1. The predicted octanol–water partition coefficient (Wildman–Crippen LogP) is 1.32. The standard InChI is InChI=1S/C20H16N4O6S/c1-9-14-16(21-8-23(2)19(14)28)31-15(9)20(29)30-7-13(25)22-10-4-5-11-12(6-10)18(27)24(3)17(11)26/h4-6,8H,7H2,1-3H3,(H,22,25). The Bertz CT molecular complexity index is 1360.